The molecule has 0 amide bonds. The largest absolute Gasteiger partial charge is 0.507 e. The molecule has 40 heavy (non-hydrogen) atoms. The predicted molar refractivity (Wildman–Crippen MR) is 158 cm³/mol. The smallest absolute Gasteiger partial charge is 0.260 e. The first-order valence-corrected chi connectivity index (χ1v) is 13.2. The Morgan fingerprint density at radius 2 is 1.23 bits per heavy atom. The lowest BCUT2D eigenvalue weighted by Gasteiger charge is -2.34. The lowest BCUT2D eigenvalue weighted by atomic mass is 9.34. The van der Waals surface area contributed by atoms with Crippen LogP contribution in [0.3, 0.4) is 0 Å². The van der Waals surface area contributed by atoms with Crippen LogP contribution in [0, 0.1) is 0 Å². The van der Waals surface area contributed by atoms with Crippen LogP contribution in [0.15, 0.2) is 121 Å². The fraction of sp³-hybridized carbons (Fsp3) is 0. The van der Waals surface area contributed by atoms with Crippen molar-refractivity contribution in [3.05, 3.63) is 121 Å². The molecule has 0 radical (unpaired) electrons. The molecule has 0 unspecified atom stereocenters. The van der Waals surface area contributed by atoms with Gasteiger partial charge in [-0.1, -0.05) is 66.7 Å². The molecule has 0 saturated carbocycles. The number of aromatic nitrogens is 2. The number of aromatic hydroxyl groups is 1. The van der Waals surface area contributed by atoms with E-state index in [4.69, 9.17) is 14.5 Å². The fourth-order valence-electron chi connectivity index (χ4n) is 5.79. The van der Waals surface area contributed by atoms with Crippen LogP contribution in [0.2, 0.25) is 0 Å². The van der Waals surface area contributed by atoms with Crippen LogP contribution in [0.1, 0.15) is 0 Å². The van der Waals surface area contributed by atoms with Crippen LogP contribution >= 0.6 is 0 Å². The highest BCUT2D eigenvalue weighted by Gasteiger charge is 2.42. The van der Waals surface area contributed by atoms with E-state index < -0.39 is 0 Å². The Kier molecular flexibility index (Phi) is 5.00. The molecule has 2 aliphatic heterocycles. The molecule has 0 bridgehead atoms. The molecule has 0 saturated heterocycles. The summed E-state index contributed by atoms with van der Waals surface area (Å²) in [4.78, 5) is 9.50. The minimum absolute atomic E-state index is 0.0538. The minimum atomic E-state index is -0.0857. The van der Waals surface area contributed by atoms with Crippen molar-refractivity contribution in [2.24, 2.45) is 0 Å². The number of ether oxygens (including phenoxy) is 2. The summed E-state index contributed by atoms with van der Waals surface area (Å²) >= 11 is 0. The van der Waals surface area contributed by atoms with Crippen molar-refractivity contribution in [1.82, 2.24) is 9.97 Å². The highest BCUT2D eigenvalue weighted by atomic mass is 16.5. The van der Waals surface area contributed by atoms with Crippen molar-refractivity contribution in [2.75, 3.05) is 0 Å². The minimum Gasteiger partial charge on any atom is -0.507 e. The number of phenolic OH excluding ortho intramolecular Hbond substituents is 1. The average molecular weight is 516 g/mol. The second-order valence-electron chi connectivity index (χ2n) is 9.93. The van der Waals surface area contributed by atoms with E-state index in [1.165, 1.54) is 0 Å². The van der Waals surface area contributed by atoms with E-state index >= 15 is 0 Å². The average Bonchev–Trinajstić information content (AvgIpc) is 3.01. The second kappa shape index (κ2) is 8.85. The van der Waals surface area contributed by atoms with Crippen molar-refractivity contribution < 1.29 is 14.6 Å². The zero-order chi connectivity index (χ0) is 26.6. The van der Waals surface area contributed by atoms with E-state index in [2.05, 4.69) is 23.2 Å². The molecule has 2 aliphatic rings. The van der Waals surface area contributed by atoms with Gasteiger partial charge < -0.3 is 14.6 Å². The van der Waals surface area contributed by atoms with E-state index in [1.807, 2.05) is 91.0 Å². The summed E-state index contributed by atoms with van der Waals surface area (Å²) < 4.78 is 12.8. The Balaban J connectivity index is 1.30. The van der Waals surface area contributed by atoms with E-state index in [9.17, 15) is 5.11 Å². The first-order valence-electron chi connectivity index (χ1n) is 13.2. The van der Waals surface area contributed by atoms with E-state index in [0.29, 0.717) is 22.8 Å². The number of nitrogens with zero attached hydrogens (tertiary/aromatic N) is 2. The Morgan fingerprint density at radius 1 is 0.575 bits per heavy atom. The number of benzene rings is 4. The van der Waals surface area contributed by atoms with Crippen LogP contribution in [0.4, 0.5) is 0 Å². The fourth-order valence-corrected chi connectivity index (χ4v) is 5.79. The third-order valence-electron chi connectivity index (χ3n) is 7.57. The molecule has 6 aromatic rings. The van der Waals surface area contributed by atoms with Gasteiger partial charge in [0.25, 0.3) is 6.71 Å². The summed E-state index contributed by atoms with van der Waals surface area (Å²) in [6.07, 6.45) is 1.79. The van der Waals surface area contributed by atoms with Gasteiger partial charge in [0.05, 0.1) is 22.6 Å². The molecular weight excluding hydrogens is 495 g/mol. The predicted octanol–water partition coefficient (Wildman–Crippen LogP) is 5.91. The molecule has 4 aromatic carbocycles. The van der Waals surface area contributed by atoms with E-state index in [0.717, 1.165) is 50.4 Å². The summed E-state index contributed by atoms with van der Waals surface area (Å²) in [6, 6.07) is 37.6. The van der Waals surface area contributed by atoms with Gasteiger partial charge in [-0.2, -0.15) is 0 Å². The lowest BCUT2D eigenvalue weighted by Crippen LogP contribution is -2.57. The molecule has 1 N–H and O–H groups in total. The third-order valence-corrected chi connectivity index (χ3v) is 7.57. The number of hydrogen-bond acceptors (Lipinski definition) is 5. The monoisotopic (exact) mass is 516 g/mol. The normalized spacial score (nSPS) is 12.4. The van der Waals surface area contributed by atoms with Gasteiger partial charge in [0.1, 0.15) is 28.7 Å². The Hall–Kier alpha value is -5.36. The number of pyridine rings is 2. The topological polar surface area (TPSA) is 64.5 Å². The molecule has 2 aromatic heterocycles. The molecule has 5 nitrogen and oxygen atoms in total. The van der Waals surface area contributed by atoms with Gasteiger partial charge in [0.2, 0.25) is 0 Å². The highest BCUT2D eigenvalue weighted by Crippen LogP contribution is 2.45. The van der Waals surface area contributed by atoms with Crippen molar-refractivity contribution >= 4 is 23.1 Å². The van der Waals surface area contributed by atoms with Crippen molar-refractivity contribution in [3.8, 4) is 62.5 Å². The van der Waals surface area contributed by atoms with Gasteiger partial charge in [-0.3, -0.25) is 4.98 Å². The van der Waals surface area contributed by atoms with Gasteiger partial charge >= 0.3 is 0 Å². The Morgan fingerprint density at radius 3 is 2.00 bits per heavy atom. The number of rotatable bonds is 3. The molecular formula is C34H21BN2O3. The molecule has 6 heteroatoms. The van der Waals surface area contributed by atoms with Crippen LogP contribution in [-0.2, 0) is 0 Å². The SMILES string of the molecule is Oc1cc2c3c(c1-c1cccc(-c4cccc(-c5ccccn5)c4)n1)Oc1ccccc1B3c1ccccc1O2. The van der Waals surface area contributed by atoms with Gasteiger partial charge in [0.15, 0.2) is 0 Å². The molecule has 0 fully saturated rings. The zero-order valence-electron chi connectivity index (χ0n) is 21.3. The summed E-state index contributed by atoms with van der Waals surface area (Å²) in [5, 5.41) is 11.4. The Bertz CT molecular complexity index is 1930. The van der Waals surface area contributed by atoms with Crippen molar-refractivity contribution in [3.63, 3.8) is 0 Å². The quantitative estimate of drug-likeness (QED) is 0.296. The molecule has 0 aliphatic carbocycles. The van der Waals surface area contributed by atoms with Crippen LogP contribution in [0.5, 0.6) is 28.7 Å². The van der Waals surface area contributed by atoms with Gasteiger partial charge in [0, 0.05) is 28.9 Å². The summed E-state index contributed by atoms with van der Waals surface area (Å²) in [6.45, 7) is -0.0857. The first-order chi connectivity index (χ1) is 19.7. The van der Waals surface area contributed by atoms with Crippen molar-refractivity contribution in [1.29, 1.82) is 0 Å². The maximum absolute atomic E-state index is 11.4. The van der Waals surface area contributed by atoms with Crippen molar-refractivity contribution in [2.45, 2.75) is 0 Å². The van der Waals surface area contributed by atoms with Crippen LogP contribution in [0.25, 0.3) is 33.8 Å². The number of fused-ring (bicyclic) bond motifs is 4. The summed E-state index contributed by atoms with van der Waals surface area (Å²) in [5.74, 6) is 2.75. The van der Waals surface area contributed by atoms with E-state index in [-0.39, 0.29) is 12.5 Å². The van der Waals surface area contributed by atoms with Gasteiger partial charge in [-0.05, 0) is 53.4 Å². The standard InChI is InChI=1S/C34H21BN2O3/c38-28-20-31-33-34(40-30-17-4-2-12-24(30)35(33)23-11-1-3-16-29(23)39-31)32(28)27-15-8-14-26(37-27)22-10-7-9-21(19-22)25-13-5-6-18-36-25/h1-20,38H. The maximum atomic E-state index is 11.4. The molecule has 0 atom stereocenters. The number of phenols is 1. The van der Waals surface area contributed by atoms with Gasteiger partial charge in [-0.25, -0.2) is 4.98 Å². The van der Waals surface area contributed by atoms with Crippen LogP contribution < -0.4 is 25.9 Å². The summed E-state index contributed by atoms with van der Waals surface area (Å²) in [7, 11) is 0. The Labute approximate surface area is 231 Å². The van der Waals surface area contributed by atoms with E-state index in [1.54, 1.807) is 12.3 Å². The zero-order valence-corrected chi connectivity index (χ0v) is 21.3. The number of para-hydroxylation sites is 2. The molecule has 4 heterocycles. The second-order valence-corrected chi connectivity index (χ2v) is 9.93. The maximum Gasteiger partial charge on any atom is 0.260 e. The van der Waals surface area contributed by atoms with Crippen LogP contribution in [-0.4, -0.2) is 21.8 Å². The lowest BCUT2D eigenvalue weighted by molar-refractivity contribution is 0.441. The number of hydrogen-bond donors (Lipinski definition) is 1. The first kappa shape index (κ1) is 22.6. The summed E-state index contributed by atoms with van der Waals surface area (Å²) in [5.41, 5.74) is 7.85. The molecule has 8 rings (SSSR count). The highest BCUT2D eigenvalue weighted by molar-refractivity contribution is 6.98. The van der Waals surface area contributed by atoms with Gasteiger partial charge in [-0.15, -0.1) is 0 Å². The molecule has 188 valence electrons. The third kappa shape index (κ3) is 3.50. The molecule has 0 spiro atoms.